The van der Waals surface area contributed by atoms with Crippen molar-refractivity contribution in [2.24, 2.45) is 0 Å². The number of hydrogen-bond donors (Lipinski definition) is 1. The number of nitrogens with one attached hydrogen (secondary N) is 1. The molecular formula is C33H33N3O4S. The Kier molecular flexibility index (Phi) is 8.94. The van der Waals surface area contributed by atoms with Crippen LogP contribution in [-0.2, 0) is 14.8 Å². The molecule has 4 aromatic rings. The van der Waals surface area contributed by atoms with Crippen LogP contribution in [0.5, 0.6) is 5.75 Å². The smallest absolute Gasteiger partial charge is 0.248 e. The zero-order valence-electron chi connectivity index (χ0n) is 22.9. The largest absolute Gasteiger partial charge is 0.496 e. The molecule has 4 aromatic carbocycles. The summed E-state index contributed by atoms with van der Waals surface area (Å²) >= 11 is 0. The van der Waals surface area contributed by atoms with Gasteiger partial charge in [-0.25, -0.2) is 8.42 Å². The minimum absolute atomic E-state index is 0.0576. The molecule has 0 bridgehead atoms. The minimum Gasteiger partial charge on any atom is -0.496 e. The van der Waals surface area contributed by atoms with Gasteiger partial charge in [0.2, 0.25) is 15.9 Å². The van der Waals surface area contributed by atoms with E-state index < -0.39 is 10.0 Å². The van der Waals surface area contributed by atoms with Gasteiger partial charge in [-0.1, -0.05) is 78.9 Å². The normalized spacial score (nSPS) is 14.8. The van der Waals surface area contributed by atoms with E-state index in [1.165, 1.54) is 29.3 Å². The van der Waals surface area contributed by atoms with Gasteiger partial charge in [0.15, 0.2) is 0 Å². The second-order valence-electron chi connectivity index (χ2n) is 9.75. The molecule has 1 aliphatic heterocycles. The summed E-state index contributed by atoms with van der Waals surface area (Å²) in [4.78, 5) is 15.0. The fourth-order valence-electron chi connectivity index (χ4n) is 5.10. The molecule has 0 atom stereocenters. The average molecular weight is 568 g/mol. The summed E-state index contributed by atoms with van der Waals surface area (Å²) in [5.74, 6) is 0.344. The van der Waals surface area contributed by atoms with Crippen molar-refractivity contribution < 1.29 is 17.9 Å². The zero-order valence-corrected chi connectivity index (χ0v) is 23.7. The van der Waals surface area contributed by atoms with Gasteiger partial charge >= 0.3 is 0 Å². The van der Waals surface area contributed by atoms with E-state index in [1.54, 1.807) is 29.6 Å². The molecule has 0 unspecified atom stereocenters. The molecule has 1 heterocycles. The summed E-state index contributed by atoms with van der Waals surface area (Å²) in [6, 6.07) is 34.4. The van der Waals surface area contributed by atoms with Gasteiger partial charge in [0, 0.05) is 43.5 Å². The van der Waals surface area contributed by atoms with Crippen LogP contribution in [0.1, 0.15) is 22.7 Å². The predicted molar refractivity (Wildman–Crippen MR) is 162 cm³/mol. The Hall–Kier alpha value is -4.24. The van der Waals surface area contributed by atoms with Crippen molar-refractivity contribution in [2.75, 3.05) is 38.6 Å². The standard InChI is InChI=1S/C33H33N3O4S/c1-40-31-15-9-8-10-26(31)16-21-32(37)34-29-17-19-30(20-18-29)41(38,39)36-24-22-35(23-25-36)33(27-11-4-2-5-12-27)28-13-6-3-7-14-28/h2-21,33H,22-25H2,1H3,(H,34,37). The molecule has 7 nitrogen and oxygen atoms in total. The summed E-state index contributed by atoms with van der Waals surface area (Å²) in [5.41, 5.74) is 3.67. The van der Waals surface area contributed by atoms with Gasteiger partial charge in [-0.3, -0.25) is 9.69 Å². The van der Waals surface area contributed by atoms with Crippen molar-refractivity contribution in [3.8, 4) is 5.75 Å². The number of sulfonamides is 1. The number of hydrogen-bond acceptors (Lipinski definition) is 5. The van der Waals surface area contributed by atoms with Crippen LogP contribution in [0.15, 0.2) is 120 Å². The van der Waals surface area contributed by atoms with Gasteiger partial charge in [-0.15, -0.1) is 0 Å². The number of anilines is 1. The van der Waals surface area contributed by atoms with Crippen molar-refractivity contribution in [3.05, 3.63) is 132 Å². The molecule has 0 spiro atoms. The number of carbonyl (C=O) groups is 1. The molecule has 0 radical (unpaired) electrons. The van der Waals surface area contributed by atoms with Crippen LogP contribution in [0.4, 0.5) is 5.69 Å². The summed E-state index contributed by atoms with van der Waals surface area (Å²) in [5, 5.41) is 2.78. The van der Waals surface area contributed by atoms with E-state index in [9.17, 15) is 13.2 Å². The van der Waals surface area contributed by atoms with Crippen LogP contribution in [0.25, 0.3) is 6.08 Å². The third kappa shape index (κ3) is 6.74. The van der Waals surface area contributed by atoms with Crippen LogP contribution < -0.4 is 10.1 Å². The molecule has 8 heteroatoms. The van der Waals surface area contributed by atoms with E-state index in [-0.39, 0.29) is 16.8 Å². The maximum absolute atomic E-state index is 13.5. The molecular weight excluding hydrogens is 534 g/mol. The fourth-order valence-corrected chi connectivity index (χ4v) is 6.52. The lowest BCUT2D eigenvalue weighted by Crippen LogP contribution is -2.49. The Morgan fingerprint density at radius 3 is 1.93 bits per heavy atom. The molecule has 210 valence electrons. The minimum atomic E-state index is -3.67. The van der Waals surface area contributed by atoms with E-state index in [4.69, 9.17) is 4.74 Å². The van der Waals surface area contributed by atoms with Crippen molar-refractivity contribution >= 4 is 27.7 Å². The summed E-state index contributed by atoms with van der Waals surface area (Å²) in [6.45, 7) is 2.01. The molecule has 1 aliphatic rings. The Balaban J connectivity index is 1.22. The lowest BCUT2D eigenvalue weighted by atomic mass is 9.96. The van der Waals surface area contributed by atoms with Crippen molar-refractivity contribution in [2.45, 2.75) is 10.9 Å². The van der Waals surface area contributed by atoms with Crippen LogP contribution in [0.2, 0.25) is 0 Å². The van der Waals surface area contributed by atoms with Gasteiger partial charge in [0.1, 0.15) is 5.75 Å². The number of ether oxygens (including phenoxy) is 1. The third-order valence-corrected chi connectivity index (χ3v) is 9.09. The lowest BCUT2D eigenvalue weighted by molar-refractivity contribution is -0.111. The predicted octanol–water partition coefficient (Wildman–Crippen LogP) is 5.44. The van der Waals surface area contributed by atoms with E-state index in [1.807, 2.05) is 60.7 Å². The van der Waals surface area contributed by atoms with Crippen molar-refractivity contribution in [1.82, 2.24) is 9.21 Å². The second kappa shape index (κ2) is 13.0. The highest BCUT2D eigenvalue weighted by Gasteiger charge is 2.32. The summed E-state index contributed by atoms with van der Waals surface area (Å²) in [6.07, 6.45) is 3.09. The fraction of sp³-hybridized carbons (Fsp3) is 0.182. The van der Waals surface area contributed by atoms with E-state index in [0.717, 1.165) is 5.56 Å². The summed E-state index contributed by atoms with van der Waals surface area (Å²) in [7, 11) is -2.10. The number of methoxy groups -OCH3 is 1. The molecule has 1 amide bonds. The van der Waals surface area contributed by atoms with Gasteiger partial charge in [-0.05, 0) is 47.5 Å². The first-order chi connectivity index (χ1) is 20.0. The topological polar surface area (TPSA) is 78.9 Å². The number of carbonyl (C=O) groups excluding carboxylic acids is 1. The second-order valence-corrected chi connectivity index (χ2v) is 11.7. The first kappa shape index (κ1) is 28.3. The Bertz CT molecular complexity index is 1540. The van der Waals surface area contributed by atoms with Gasteiger partial charge < -0.3 is 10.1 Å². The van der Waals surface area contributed by atoms with Crippen LogP contribution >= 0.6 is 0 Å². The van der Waals surface area contributed by atoms with Crippen molar-refractivity contribution in [3.63, 3.8) is 0 Å². The number of amides is 1. The highest BCUT2D eigenvalue weighted by Crippen LogP contribution is 2.30. The average Bonchev–Trinajstić information content (AvgIpc) is 3.02. The van der Waals surface area contributed by atoms with E-state index in [0.29, 0.717) is 37.6 Å². The molecule has 1 N–H and O–H groups in total. The molecule has 5 rings (SSSR count). The maximum Gasteiger partial charge on any atom is 0.248 e. The number of benzene rings is 4. The Labute approximate surface area is 241 Å². The number of para-hydroxylation sites is 1. The Morgan fingerprint density at radius 2 is 1.34 bits per heavy atom. The number of rotatable bonds is 9. The van der Waals surface area contributed by atoms with Crippen LogP contribution in [0.3, 0.4) is 0 Å². The number of nitrogens with zero attached hydrogens (tertiary/aromatic N) is 2. The lowest BCUT2D eigenvalue weighted by Gasteiger charge is -2.39. The van der Waals surface area contributed by atoms with Crippen molar-refractivity contribution in [1.29, 1.82) is 0 Å². The van der Waals surface area contributed by atoms with E-state index in [2.05, 4.69) is 34.5 Å². The summed E-state index contributed by atoms with van der Waals surface area (Å²) < 4.78 is 33.8. The molecule has 0 saturated carbocycles. The van der Waals surface area contributed by atoms with Gasteiger partial charge in [0.05, 0.1) is 18.0 Å². The van der Waals surface area contributed by atoms with Crippen LogP contribution in [0, 0.1) is 0 Å². The molecule has 0 aromatic heterocycles. The third-order valence-electron chi connectivity index (χ3n) is 7.18. The highest BCUT2D eigenvalue weighted by atomic mass is 32.2. The highest BCUT2D eigenvalue weighted by molar-refractivity contribution is 7.89. The Morgan fingerprint density at radius 1 is 0.780 bits per heavy atom. The first-order valence-corrected chi connectivity index (χ1v) is 15.0. The van der Waals surface area contributed by atoms with Gasteiger partial charge in [-0.2, -0.15) is 4.31 Å². The maximum atomic E-state index is 13.5. The zero-order chi connectivity index (χ0) is 28.7. The van der Waals surface area contributed by atoms with Crippen LogP contribution in [-0.4, -0.2) is 56.8 Å². The van der Waals surface area contributed by atoms with E-state index >= 15 is 0 Å². The number of piperazine rings is 1. The molecule has 41 heavy (non-hydrogen) atoms. The molecule has 1 fully saturated rings. The molecule has 1 saturated heterocycles. The first-order valence-electron chi connectivity index (χ1n) is 13.5. The quantitative estimate of drug-likeness (QED) is 0.273. The molecule has 0 aliphatic carbocycles. The SMILES string of the molecule is COc1ccccc1C=CC(=O)Nc1ccc(S(=O)(=O)N2CCN(C(c3ccccc3)c3ccccc3)CC2)cc1. The van der Waals surface area contributed by atoms with Gasteiger partial charge in [0.25, 0.3) is 0 Å². The monoisotopic (exact) mass is 567 g/mol.